The van der Waals surface area contributed by atoms with E-state index in [1.165, 1.54) is 4.90 Å². The molecule has 23 heavy (non-hydrogen) atoms. The summed E-state index contributed by atoms with van der Waals surface area (Å²) in [5, 5.41) is 12.0. The second-order valence-electron chi connectivity index (χ2n) is 7.16. The number of hydrogen-bond donors (Lipinski definition) is 2. The number of rotatable bonds is 2. The van der Waals surface area contributed by atoms with Crippen LogP contribution in [-0.2, 0) is 9.53 Å². The van der Waals surface area contributed by atoms with Gasteiger partial charge in [-0.25, -0.2) is 14.4 Å². The molecule has 1 unspecified atom stereocenters. The number of carboxylic acids is 1. The Hall–Kier alpha value is -1.99. The predicted octanol–water partition coefficient (Wildman–Crippen LogP) is 1.26. The van der Waals surface area contributed by atoms with E-state index in [2.05, 4.69) is 5.32 Å². The molecule has 8 nitrogen and oxygen atoms in total. The summed E-state index contributed by atoms with van der Waals surface area (Å²) in [5.41, 5.74) is -2.20. The van der Waals surface area contributed by atoms with Crippen LogP contribution >= 0.6 is 0 Å². The quantitative estimate of drug-likeness (QED) is 0.795. The van der Waals surface area contributed by atoms with Crippen LogP contribution in [0.15, 0.2) is 0 Å². The normalized spacial score (nSPS) is 24.7. The van der Waals surface area contributed by atoms with Crippen molar-refractivity contribution in [1.29, 1.82) is 0 Å². The molecule has 0 radical (unpaired) electrons. The van der Waals surface area contributed by atoms with Gasteiger partial charge in [-0.1, -0.05) is 0 Å². The molecule has 3 amide bonds. The molecule has 0 aromatic carbocycles. The number of hydrogen-bond acceptors (Lipinski definition) is 4. The number of carbonyl (C=O) groups is 3. The van der Waals surface area contributed by atoms with Crippen molar-refractivity contribution in [1.82, 2.24) is 15.1 Å². The lowest BCUT2D eigenvalue weighted by molar-refractivity contribution is -0.144. The second-order valence-corrected chi connectivity index (χ2v) is 7.16. The molecule has 2 aliphatic heterocycles. The molecule has 130 valence electrons. The van der Waals surface area contributed by atoms with Crippen LogP contribution in [0.5, 0.6) is 0 Å². The zero-order valence-electron chi connectivity index (χ0n) is 13.9. The molecule has 2 heterocycles. The van der Waals surface area contributed by atoms with Crippen molar-refractivity contribution in [3.63, 3.8) is 0 Å². The first-order chi connectivity index (χ1) is 10.6. The van der Waals surface area contributed by atoms with Crippen molar-refractivity contribution in [2.75, 3.05) is 26.2 Å². The van der Waals surface area contributed by atoms with Gasteiger partial charge in [0.15, 0.2) is 5.54 Å². The largest absolute Gasteiger partial charge is 0.479 e. The number of aliphatic carboxylic acids is 1. The first-order valence-electron chi connectivity index (χ1n) is 7.91. The first kappa shape index (κ1) is 17.4. The Morgan fingerprint density at radius 1 is 1.09 bits per heavy atom. The summed E-state index contributed by atoms with van der Waals surface area (Å²) >= 11 is 0. The Balaban J connectivity index is 2.03. The van der Waals surface area contributed by atoms with Gasteiger partial charge in [-0.05, 0) is 33.6 Å². The molecular formula is C15H25N3O5. The number of amides is 3. The highest BCUT2D eigenvalue weighted by molar-refractivity contribution is 5.87. The SMILES string of the molecule is CC(C)(C)OC(=O)NC1(C(=O)O)CCN(C(=O)N2CCCC2)C1. The van der Waals surface area contributed by atoms with E-state index in [-0.39, 0.29) is 19.0 Å². The highest BCUT2D eigenvalue weighted by Crippen LogP contribution is 2.25. The molecule has 0 bridgehead atoms. The lowest BCUT2D eigenvalue weighted by Gasteiger charge is -2.29. The Morgan fingerprint density at radius 3 is 2.22 bits per heavy atom. The molecule has 0 aliphatic carbocycles. The number of nitrogens with one attached hydrogen (secondary N) is 1. The average Bonchev–Trinajstić information content (AvgIpc) is 3.05. The van der Waals surface area contributed by atoms with Crippen LogP contribution in [0.2, 0.25) is 0 Å². The van der Waals surface area contributed by atoms with E-state index in [1.54, 1.807) is 25.7 Å². The summed E-state index contributed by atoms with van der Waals surface area (Å²) in [6.45, 7) is 6.78. The van der Waals surface area contributed by atoms with Crippen LogP contribution < -0.4 is 5.32 Å². The van der Waals surface area contributed by atoms with Crippen molar-refractivity contribution in [2.45, 2.75) is 51.2 Å². The topological polar surface area (TPSA) is 99.2 Å². The Labute approximate surface area is 135 Å². The van der Waals surface area contributed by atoms with Crippen molar-refractivity contribution < 1.29 is 24.2 Å². The standard InChI is InChI=1S/C15H25N3O5/c1-14(2,3)23-12(21)16-15(11(19)20)6-9-18(10-15)13(22)17-7-4-5-8-17/h4-10H2,1-3H3,(H,16,21)(H,19,20). The maximum absolute atomic E-state index is 12.4. The fourth-order valence-corrected chi connectivity index (χ4v) is 2.91. The molecular weight excluding hydrogens is 302 g/mol. The molecule has 2 aliphatic rings. The fraction of sp³-hybridized carbons (Fsp3) is 0.800. The fourth-order valence-electron chi connectivity index (χ4n) is 2.91. The van der Waals surface area contributed by atoms with Crippen molar-refractivity contribution >= 4 is 18.1 Å². The third kappa shape index (κ3) is 4.05. The monoisotopic (exact) mass is 327 g/mol. The third-order valence-corrected chi connectivity index (χ3v) is 4.07. The molecule has 2 saturated heterocycles. The molecule has 0 spiro atoms. The van der Waals surface area contributed by atoms with Crippen LogP contribution in [-0.4, -0.2) is 70.3 Å². The summed E-state index contributed by atoms with van der Waals surface area (Å²) < 4.78 is 5.14. The molecule has 2 N–H and O–H groups in total. The Bertz CT molecular complexity index is 496. The molecule has 0 aromatic rings. The minimum atomic E-state index is -1.49. The van der Waals surface area contributed by atoms with E-state index in [9.17, 15) is 19.5 Å². The molecule has 0 saturated carbocycles. The Kier molecular flexibility index (Phi) is 4.72. The maximum atomic E-state index is 12.4. The molecule has 0 aromatic heterocycles. The van der Waals surface area contributed by atoms with Crippen molar-refractivity contribution in [3.8, 4) is 0 Å². The summed E-state index contributed by atoms with van der Waals surface area (Å²) in [5.74, 6) is -1.15. The van der Waals surface area contributed by atoms with Gasteiger partial charge < -0.3 is 25.0 Å². The molecule has 8 heteroatoms. The predicted molar refractivity (Wildman–Crippen MR) is 82.1 cm³/mol. The van der Waals surface area contributed by atoms with Gasteiger partial charge in [0, 0.05) is 26.1 Å². The molecule has 2 fully saturated rings. The van der Waals surface area contributed by atoms with Gasteiger partial charge in [-0.2, -0.15) is 0 Å². The van der Waals surface area contributed by atoms with E-state index < -0.39 is 23.2 Å². The summed E-state index contributed by atoms with van der Waals surface area (Å²) in [4.78, 5) is 39.3. The van der Waals surface area contributed by atoms with E-state index in [0.29, 0.717) is 19.6 Å². The van der Waals surface area contributed by atoms with Gasteiger partial charge in [0.2, 0.25) is 0 Å². The lowest BCUT2D eigenvalue weighted by atomic mass is 9.99. The van der Waals surface area contributed by atoms with Gasteiger partial charge in [0.1, 0.15) is 5.60 Å². The molecule has 2 rings (SSSR count). The van der Waals surface area contributed by atoms with E-state index in [0.717, 1.165) is 12.8 Å². The van der Waals surface area contributed by atoms with Gasteiger partial charge in [0.25, 0.3) is 0 Å². The zero-order valence-corrected chi connectivity index (χ0v) is 13.9. The third-order valence-electron chi connectivity index (χ3n) is 4.07. The van der Waals surface area contributed by atoms with Crippen molar-refractivity contribution in [3.05, 3.63) is 0 Å². The number of alkyl carbamates (subject to hydrolysis) is 1. The van der Waals surface area contributed by atoms with E-state index >= 15 is 0 Å². The number of urea groups is 1. The van der Waals surface area contributed by atoms with Crippen molar-refractivity contribution in [2.24, 2.45) is 0 Å². The number of ether oxygens (including phenoxy) is 1. The van der Waals surface area contributed by atoms with Gasteiger partial charge in [-0.15, -0.1) is 0 Å². The highest BCUT2D eigenvalue weighted by Gasteiger charge is 2.49. The minimum absolute atomic E-state index is 0.0447. The maximum Gasteiger partial charge on any atom is 0.408 e. The van der Waals surface area contributed by atoms with Crippen LogP contribution in [0.25, 0.3) is 0 Å². The highest BCUT2D eigenvalue weighted by atomic mass is 16.6. The average molecular weight is 327 g/mol. The van der Waals surface area contributed by atoms with E-state index in [4.69, 9.17) is 4.74 Å². The van der Waals surface area contributed by atoms with Crippen LogP contribution in [0.3, 0.4) is 0 Å². The number of carbonyl (C=O) groups excluding carboxylic acids is 2. The first-order valence-corrected chi connectivity index (χ1v) is 7.91. The number of nitrogens with zero attached hydrogens (tertiary/aromatic N) is 2. The Morgan fingerprint density at radius 2 is 1.70 bits per heavy atom. The number of carboxylic acid groups (broad SMARTS) is 1. The second kappa shape index (κ2) is 6.25. The van der Waals surface area contributed by atoms with Crippen LogP contribution in [0.1, 0.15) is 40.0 Å². The summed E-state index contributed by atoms with van der Waals surface area (Å²) in [7, 11) is 0. The zero-order chi connectivity index (χ0) is 17.3. The van der Waals surface area contributed by atoms with Gasteiger partial charge in [0.05, 0.1) is 6.54 Å². The van der Waals surface area contributed by atoms with Gasteiger partial charge in [-0.3, -0.25) is 0 Å². The smallest absolute Gasteiger partial charge is 0.408 e. The van der Waals surface area contributed by atoms with E-state index in [1.807, 2.05) is 0 Å². The lowest BCUT2D eigenvalue weighted by Crippen LogP contribution is -2.58. The summed E-state index contributed by atoms with van der Waals surface area (Å²) in [6, 6.07) is -0.156. The van der Waals surface area contributed by atoms with Crippen LogP contribution in [0.4, 0.5) is 9.59 Å². The molecule has 1 atom stereocenters. The number of likely N-dealkylation sites (tertiary alicyclic amines) is 2. The van der Waals surface area contributed by atoms with Crippen LogP contribution in [0, 0.1) is 0 Å². The minimum Gasteiger partial charge on any atom is -0.479 e. The van der Waals surface area contributed by atoms with Gasteiger partial charge >= 0.3 is 18.1 Å². The summed E-state index contributed by atoms with van der Waals surface area (Å²) in [6.07, 6.45) is 1.33.